The minimum absolute atomic E-state index is 0.487. The topological polar surface area (TPSA) is 44.5 Å². The minimum Gasteiger partial charge on any atom is -0.490 e. The lowest BCUT2D eigenvalue weighted by atomic mass is 10.1. The van der Waals surface area contributed by atoms with Crippen LogP contribution < -0.4 is 15.2 Å². The molecule has 1 saturated carbocycles. The monoisotopic (exact) mass is 249 g/mol. The summed E-state index contributed by atoms with van der Waals surface area (Å²) in [6.07, 6.45) is 5.25. The highest BCUT2D eigenvalue weighted by atomic mass is 16.5. The Bertz CT molecular complexity index is 373. The van der Waals surface area contributed by atoms with Crippen molar-refractivity contribution in [3.63, 3.8) is 0 Å². The summed E-state index contributed by atoms with van der Waals surface area (Å²) in [5.41, 5.74) is 6.79. The summed E-state index contributed by atoms with van der Waals surface area (Å²) in [4.78, 5) is 0. The van der Waals surface area contributed by atoms with Gasteiger partial charge in [0.05, 0.1) is 13.2 Å². The Labute approximate surface area is 109 Å². The van der Waals surface area contributed by atoms with Gasteiger partial charge in [-0.1, -0.05) is 25.0 Å². The van der Waals surface area contributed by atoms with Gasteiger partial charge in [0.15, 0.2) is 11.5 Å². The predicted octanol–water partition coefficient (Wildman–Crippen LogP) is 3.11. The van der Waals surface area contributed by atoms with Crippen LogP contribution in [0.25, 0.3) is 0 Å². The first kappa shape index (κ1) is 13.2. The molecule has 2 rings (SSSR count). The van der Waals surface area contributed by atoms with E-state index in [1.54, 1.807) is 0 Å². The summed E-state index contributed by atoms with van der Waals surface area (Å²) in [6, 6.07) is 5.93. The van der Waals surface area contributed by atoms with Gasteiger partial charge in [-0.15, -0.1) is 0 Å². The maximum Gasteiger partial charge on any atom is 0.165 e. The number of hydrogen-bond acceptors (Lipinski definition) is 3. The van der Waals surface area contributed by atoms with Crippen LogP contribution in [-0.4, -0.2) is 13.2 Å². The fourth-order valence-electron chi connectivity index (χ4n) is 2.53. The molecule has 0 heterocycles. The fourth-order valence-corrected chi connectivity index (χ4v) is 2.53. The molecule has 1 fully saturated rings. The molecule has 0 atom stereocenters. The Morgan fingerprint density at radius 2 is 2.00 bits per heavy atom. The third kappa shape index (κ3) is 3.16. The van der Waals surface area contributed by atoms with Crippen molar-refractivity contribution < 1.29 is 9.47 Å². The van der Waals surface area contributed by atoms with Crippen LogP contribution in [0.3, 0.4) is 0 Å². The van der Waals surface area contributed by atoms with Crippen molar-refractivity contribution in [1.29, 1.82) is 0 Å². The molecule has 1 aliphatic carbocycles. The zero-order valence-corrected chi connectivity index (χ0v) is 11.2. The van der Waals surface area contributed by atoms with Crippen LogP contribution in [0.15, 0.2) is 18.2 Å². The van der Waals surface area contributed by atoms with Gasteiger partial charge in [-0.3, -0.25) is 0 Å². The first-order chi connectivity index (χ1) is 8.85. The first-order valence-electron chi connectivity index (χ1n) is 6.92. The number of nitrogens with two attached hydrogens (primary N) is 1. The third-order valence-corrected chi connectivity index (χ3v) is 3.52. The second-order valence-electron chi connectivity index (χ2n) is 4.84. The molecule has 1 aromatic carbocycles. The minimum atomic E-state index is 0.487. The molecule has 3 heteroatoms. The van der Waals surface area contributed by atoms with E-state index in [4.69, 9.17) is 15.2 Å². The van der Waals surface area contributed by atoms with Crippen molar-refractivity contribution in [2.24, 2.45) is 11.7 Å². The average Bonchev–Trinajstić information content (AvgIpc) is 2.90. The Morgan fingerprint density at radius 3 is 2.67 bits per heavy atom. The second-order valence-corrected chi connectivity index (χ2v) is 4.84. The summed E-state index contributed by atoms with van der Waals surface area (Å²) in [6.45, 7) is 3.90. The van der Waals surface area contributed by atoms with Gasteiger partial charge in [0.25, 0.3) is 0 Å². The molecule has 0 bridgehead atoms. The summed E-state index contributed by atoms with van der Waals surface area (Å²) in [5.74, 6) is 2.36. The van der Waals surface area contributed by atoms with Gasteiger partial charge >= 0.3 is 0 Å². The van der Waals surface area contributed by atoms with Crippen LogP contribution in [0, 0.1) is 5.92 Å². The number of benzene rings is 1. The molecule has 0 saturated heterocycles. The van der Waals surface area contributed by atoms with Crippen molar-refractivity contribution >= 4 is 0 Å². The molecule has 0 radical (unpaired) electrons. The third-order valence-electron chi connectivity index (χ3n) is 3.52. The molecule has 0 unspecified atom stereocenters. The quantitative estimate of drug-likeness (QED) is 0.842. The van der Waals surface area contributed by atoms with E-state index in [2.05, 4.69) is 0 Å². The van der Waals surface area contributed by atoms with E-state index >= 15 is 0 Å². The Balaban J connectivity index is 2.07. The number of rotatable bonds is 6. The van der Waals surface area contributed by atoms with Gasteiger partial charge in [0, 0.05) is 12.1 Å². The van der Waals surface area contributed by atoms with Crippen LogP contribution in [0.2, 0.25) is 0 Å². The highest BCUT2D eigenvalue weighted by molar-refractivity contribution is 5.46. The summed E-state index contributed by atoms with van der Waals surface area (Å²) in [7, 11) is 0. The van der Waals surface area contributed by atoms with E-state index in [1.807, 2.05) is 25.1 Å². The molecule has 0 spiro atoms. The second kappa shape index (κ2) is 6.64. The van der Waals surface area contributed by atoms with Crippen LogP contribution in [0.4, 0.5) is 0 Å². The molecule has 2 N–H and O–H groups in total. The zero-order valence-electron chi connectivity index (χ0n) is 11.2. The normalized spacial score (nSPS) is 15.9. The molecule has 18 heavy (non-hydrogen) atoms. The van der Waals surface area contributed by atoms with Gasteiger partial charge in [0.1, 0.15) is 0 Å². The first-order valence-corrected chi connectivity index (χ1v) is 6.92. The molecular weight excluding hydrogens is 226 g/mol. The zero-order chi connectivity index (χ0) is 12.8. The van der Waals surface area contributed by atoms with Crippen LogP contribution in [-0.2, 0) is 6.54 Å². The Hall–Kier alpha value is -1.22. The summed E-state index contributed by atoms with van der Waals surface area (Å²) in [5, 5.41) is 0. The van der Waals surface area contributed by atoms with Gasteiger partial charge in [0.2, 0.25) is 0 Å². The molecule has 0 amide bonds. The van der Waals surface area contributed by atoms with E-state index in [-0.39, 0.29) is 0 Å². The molecular formula is C15H23NO2. The lowest BCUT2D eigenvalue weighted by Crippen LogP contribution is -2.11. The predicted molar refractivity (Wildman–Crippen MR) is 73.0 cm³/mol. The standard InChI is InChI=1S/C15H23NO2/c1-2-17-14-9-5-8-13(10-16)15(14)18-11-12-6-3-4-7-12/h5,8-9,12H,2-4,6-7,10-11,16H2,1H3. The number of ether oxygens (including phenoxy) is 2. The molecule has 1 aliphatic rings. The smallest absolute Gasteiger partial charge is 0.165 e. The van der Waals surface area contributed by atoms with Crippen molar-refractivity contribution in [3.8, 4) is 11.5 Å². The lowest BCUT2D eigenvalue weighted by Gasteiger charge is -2.17. The molecule has 3 nitrogen and oxygen atoms in total. The molecule has 0 aromatic heterocycles. The molecule has 1 aromatic rings. The van der Waals surface area contributed by atoms with Crippen molar-refractivity contribution in [3.05, 3.63) is 23.8 Å². The SMILES string of the molecule is CCOc1cccc(CN)c1OCC1CCCC1. The maximum atomic E-state index is 5.99. The summed E-state index contributed by atoms with van der Waals surface area (Å²) >= 11 is 0. The fraction of sp³-hybridized carbons (Fsp3) is 0.600. The van der Waals surface area contributed by atoms with E-state index in [0.29, 0.717) is 19.1 Å². The highest BCUT2D eigenvalue weighted by Crippen LogP contribution is 2.33. The van der Waals surface area contributed by atoms with E-state index < -0.39 is 0 Å². The van der Waals surface area contributed by atoms with Crippen molar-refractivity contribution in [2.75, 3.05) is 13.2 Å². The van der Waals surface area contributed by atoms with Gasteiger partial charge in [-0.2, -0.15) is 0 Å². The van der Waals surface area contributed by atoms with E-state index in [0.717, 1.165) is 23.7 Å². The van der Waals surface area contributed by atoms with Gasteiger partial charge in [-0.05, 0) is 31.7 Å². The largest absolute Gasteiger partial charge is 0.490 e. The maximum absolute atomic E-state index is 5.99. The van der Waals surface area contributed by atoms with Crippen LogP contribution >= 0.6 is 0 Å². The highest BCUT2D eigenvalue weighted by Gasteiger charge is 2.17. The summed E-state index contributed by atoms with van der Waals surface area (Å²) < 4.78 is 11.6. The van der Waals surface area contributed by atoms with Crippen molar-refractivity contribution in [1.82, 2.24) is 0 Å². The Kier molecular flexibility index (Phi) is 4.88. The molecule has 100 valence electrons. The number of hydrogen-bond donors (Lipinski definition) is 1. The average molecular weight is 249 g/mol. The van der Waals surface area contributed by atoms with Gasteiger partial charge in [-0.25, -0.2) is 0 Å². The lowest BCUT2D eigenvalue weighted by molar-refractivity contribution is 0.232. The molecule has 0 aliphatic heterocycles. The van der Waals surface area contributed by atoms with Crippen LogP contribution in [0.1, 0.15) is 38.2 Å². The Morgan fingerprint density at radius 1 is 1.22 bits per heavy atom. The van der Waals surface area contributed by atoms with Gasteiger partial charge < -0.3 is 15.2 Å². The number of para-hydroxylation sites is 1. The van der Waals surface area contributed by atoms with Crippen LogP contribution in [0.5, 0.6) is 11.5 Å². The van der Waals surface area contributed by atoms with E-state index in [1.165, 1.54) is 25.7 Å². The van der Waals surface area contributed by atoms with Crippen molar-refractivity contribution in [2.45, 2.75) is 39.2 Å². The van der Waals surface area contributed by atoms with E-state index in [9.17, 15) is 0 Å².